The van der Waals surface area contributed by atoms with Crippen molar-refractivity contribution < 1.29 is 9.90 Å². The Morgan fingerprint density at radius 2 is 1.93 bits per heavy atom. The van der Waals surface area contributed by atoms with Crippen molar-refractivity contribution in [2.45, 2.75) is 18.9 Å². The lowest BCUT2D eigenvalue weighted by Gasteiger charge is -2.09. The average Bonchev–Trinajstić information content (AvgIpc) is 2.26. The molecule has 4 heteroatoms. The number of carbonyl (C=O) groups is 1. The van der Waals surface area contributed by atoms with Crippen molar-refractivity contribution in [3.8, 4) is 0 Å². The standard InChI is InChI=1S/C11H16N2O2/c12-7-10(13)9-4-1-8(2-5-9)3-6-11(14)15/h1-2,4-5,10H,3,6-7,12-13H2,(H,14,15)/t10-/m0/s1. The smallest absolute Gasteiger partial charge is 0.303 e. The minimum Gasteiger partial charge on any atom is -0.481 e. The number of aliphatic carboxylic acids is 1. The van der Waals surface area contributed by atoms with Crippen LogP contribution in [-0.4, -0.2) is 17.6 Å². The molecule has 0 aliphatic heterocycles. The van der Waals surface area contributed by atoms with Gasteiger partial charge in [0.1, 0.15) is 0 Å². The van der Waals surface area contributed by atoms with E-state index in [0.717, 1.165) is 11.1 Å². The van der Waals surface area contributed by atoms with Gasteiger partial charge in [0.2, 0.25) is 0 Å². The Hall–Kier alpha value is -1.39. The van der Waals surface area contributed by atoms with E-state index in [9.17, 15) is 4.79 Å². The molecule has 0 unspecified atom stereocenters. The molecule has 1 rings (SSSR count). The number of carboxylic acid groups (broad SMARTS) is 1. The normalized spacial score (nSPS) is 12.4. The molecule has 0 aliphatic rings. The molecule has 0 heterocycles. The van der Waals surface area contributed by atoms with E-state index in [2.05, 4.69) is 0 Å². The summed E-state index contributed by atoms with van der Waals surface area (Å²) >= 11 is 0. The molecule has 0 bridgehead atoms. The number of nitrogens with two attached hydrogens (primary N) is 2. The van der Waals surface area contributed by atoms with E-state index in [1.807, 2.05) is 24.3 Å². The van der Waals surface area contributed by atoms with E-state index in [1.165, 1.54) is 0 Å². The fraction of sp³-hybridized carbons (Fsp3) is 0.364. The molecule has 1 aromatic rings. The van der Waals surface area contributed by atoms with Crippen LogP contribution < -0.4 is 11.5 Å². The zero-order chi connectivity index (χ0) is 11.3. The molecule has 0 aliphatic carbocycles. The molecule has 5 N–H and O–H groups in total. The van der Waals surface area contributed by atoms with Crippen LogP contribution in [0.1, 0.15) is 23.6 Å². The summed E-state index contributed by atoms with van der Waals surface area (Å²) < 4.78 is 0. The molecular formula is C11H16N2O2. The second kappa shape index (κ2) is 5.48. The molecule has 82 valence electrons. The molecular weight excluding hydrogens is 192 g/mol. The van der Waals surface area contributed by atoms with Gasteiger partial charge >= 0.3 is 5.97 Å². The third kappa shape index (κ3) is 3.69. The zero-order valence-electron chi connectivity index (χ0n) is 8.52. The Morgan fingerprint density at radius 1 is 1.33 bits per heavy atom. The predicted octanol–water partition coefficient (Wildman–Crippen LogP) is 0.662. The lowest BCUT2D eigenvalue weighted by molar-refractivity contribution is -0.136. The van der Waals surface area contributed by atoms with Gasteiger partial charge in [-0.25, -0.2) is 0 Å². The topological polar surface area (TPSA) is 89.3 Å². The van der Waals surface area contributed by atoms with Crippen LogP contribution in [-0.2, 0) is 11.2 Å². The Kier molecular flexibility index (Phi) is 4.27. The lowest BCUT2D eigenvalue weighted by Crippen LogP contribution is -2.20. The number of hydrogen-bond donors (Lipinski definition) is 3. The van der Waals surface area contributed by atoms with Gasteiger partial charge in [-0.2, -0.15) is 0 Å². The largest absolute Gasteiger partial charge is 0.481 e. The van der Waals surface area contributed by atoms with Gasteiger partial charge < -0.3 is 16.6 Å². The molecule has 0 aromatic heterocycles. The second-order valence-electron chi connectivity index (χ2n) is 3.48. The van der Waals surface area contributed by atoms with E-state index in [4.69, 9.17) is 16.6 Å². The van der Waals surface area contributed by atoms with Gasteiger partial charge in [0.15, 0.2) is 0 Å². The third-order valence-electron chi connectivity index (χ3n) is 2.29. The SMILES string of the molecule is NC[C@H](N)c1ccc(CCC(=O)O)cc1. The van der Waals surface area contributed by atoms with Gasteiger partial charge in [0, 0.05) is 19.0 Å². The molecule has 0 amide bonds. The maximum Gasteiger partial charge on any atom is 0.303 e. The Balaban J connectivity index is 2.60. The molecule has 4 nitrogen and oxygen atoms in total. The van der Waals surface area contributed by atoms with Crippen molar-refractivity contribution in [3.63, 3.8) is 0 Å². The summed E-state index contributed by atoms with van der Waals surface area (Å²) in [6, 6.07) is 7.45. The van der Waals surface area contributed by atoms with Crippen molar-refractivity contribution in [1.82, 2.24) is 0 Å². The van der Waals surface area contributed by atoms with Gasteiger partial charge in [-0.15, -0.1) is 0 Å². The van der Waals surface area contributed by atoms with Crippen LogP contribution in [0.25, 0.3) is 0 Å². The van der Waals surface area contributed by atoms with Crippen LogP contribution in [0.5, 0.6) is 0 Å². The van der Waals surface area contributed by atoms with Crippen molar-refractivity contribution in [1.29, 1.82) is 0 Å². The first-order valence-electron chi connectivity index (χ1n) is 4.89. The van der Waals surface area contributed by atoms with Gasteiger partial charge in [0.05, 0.1) is 0 Å². The third-order valence-corrected chi connectivity index (χ3v) is 2.29. The minimum absolute atomic E-state index is 0.140. The monoisotopic (exact) mass is 208 g/mol. The van der Waals surface area contributed by atoms with E-state index in [1.54, 1.807) is 0 Å². The summed E-state index contributed by atoms with van der Waals surface area (Å²) in [5, 5.41) is 8.52. The maximum absolute atomic E-state index is 10.4. The Bertz CT molecular complexity index is 322. The molecule has 15 heavy (non-hydrogen) atoms. The summed E-state index contributed by atoms with van der Waals surface area (Å²) in [6.07, 6.45) is 0.704. The van der Waals surface area contributed by atoms with E-state index in [0.29, 0.717) is 13.0 Å². The molecule has 0 saturated heterocycles. The summed E-state index contributed by atoms with van der Waals surface area (Å²) in [7, 11) is 0. The van der Waals surface area contributed by atoms with Gasteiger partial charge in [-0.3, -0.25) is 4.79 Å². The van der Waals surface area contributed by atoms with Crippen molar-refractivity contribution >= 4 is 5.97 Å². The van der Waals surface area contributed by atoms with E-state index < -0.39 is 5.97 Å². The number of carboxylic acids is 1. The van der Waals surface area contributed by atoms with Crippen LogP contribution in [0.3, 0.4) is 0 Å². The van der Waals surface area contributed by atoms with Crippen LogP contribution in [0.15, 0.2) is 24.3 Å². The molecule has 1 atom stereocenters. The van der Waals surface area contributed by atoms with Crippen LogP contribution in [0.4, 0.5) is 0 Å². The Morgan fingerprint density at radius 3 is 2.40 bits per heavy atom. The molecule has 1 aromatic carbocycles. The summed E-state index contributed by atoms with van der Waals surface area (Å²) in [5.41, 5.74) is 13.2. The van der Waals surface area contributed by atoms with Crippen molar-refractivity contribution in [2.24, 2.45) is 11.5 Å². The Labute approximate surface area is 88.9 Å². The van der Waals surface area contributed by atoms with Gasteiger partial charge in [0.25, 0.3) is 0 Å². The van der Waals surface area contributed by atoms with E-state index >= 15 is 0 Å². The maximum atomic E-state index is 10.4. The first kappa shape index (κ1) is 11.7. The summed E-state index contributed by atoms with van der Waals surface area (Å²) in [5.74, 6) is -0.780. The highest BCUT2D eigenvalue weighted by Crippen LogP contribution is 2.11. The zero-order valence-corrected chi connectivity index (χ0v) is 8.52. The summed E-state index contributed by atoms with van der Waals surface area (Å²) in [6.45, 7) is 0.411. The number of rotatable bonds is 5. The number of aryl methyl sites for hydroxylation is 1. The van der Waals surface area contributed by atoms with Crippen LogP contribution in [0, 0.1) is 0 Å². The molecule has 0 fully saturated rings. The molecule has 0 spiro atoms. The first-order valence-corrected chi connectivity index (χ1v) is 4.89. The van der Waals surface area contributed by atoms with Crippen LogP contribution >= 0.6 is 0 Å². The van der Waals surface area contributed by atoms with Gasteiger partial charge in [-0.05, 0) is 17.5 Å². The van der Waals surface area contributed by atoms with Crippen molar-refractivity contribution in [2.75, 3.05) is 6.54 Å². The highest BCUT2D eigenvalue weighted by molar-refractivity contribution is 5.67. The van der Waals surface area contributed by atoms with Crippen LogP contribution in [0.2, 0.25) is 0 Å². The fourth-order valence-corrected chi connectivity index (χ4v) is 1.32. The van der Waals surface area contributed by atoms with Crippen molar-refractivity contribution in [3.05, 3.63) is 35.4 Å². The van der Waals surface area contributed by atoms with E-state index in [-0.39, 0.29) is 12.5 Å². The molecule has 0 saturated carbocycles. The highest BCUT2D eigenvalue weighted by Gasteiger charge is 2.03. The van der Waals surface area contributed by atoms with Gasteiger partial charge in [-0.1, -0.05) is 24.3 Å². The second-order valence-corrected chi connectivity index (χ2v) is 3.48. The summed E-state index contributed by atoms with van der Waals surface area (Å²) in [4.78, 5) is 10.4. The minimum atomic E-state index is -0.780. The lowest BCUT2D eigenvalue weighted by atomic mass is 10.0. The average molecular weight is 208 g/mol. The quantitative estimate of drug-likeness (QED) is 0.663. The first-order chi connectivity index (χ1) is 7.13. The predicted molar refractivity (Wildman–Crippen MR) is 58.4 cm³/mol. The highest BCUT2D eigenvalue weighted by atomic mass is 16.4. The molecule has 0 radical (unpaired) electrons. The fourth-order valence-electron chi connectivity index (χ4n) is 1.32. The number of hydrogen-bond acceptors (Lipinski definition) is 3. The number of benzene rings is 1.